The third-order valence-corrected chi connectivity index (χ3v) is 15.2. The van der Waals surface area contributed by atoms with Crippen LogP contribution in [-0.4, -0.2) is 78.7 Å². The number of methoxy groups -OCH3 is 5. The normalized spacial score (nSPS) is 11.9. The fraction of sp³-hybridized carbons (Fsp3) is 0.302. The highest BCUT2D eigenvalue weighted by atomic mass is 32.2. The molecule has 0 aliphatic rings. The van der Waals surface area contributed by atoms with E-state index in [0.717, 1.165) is 27.8 Å². The van der Waals surface area contributed by atoms with Gasteiger partial charge in [-0.3, -0.25) is 4.79 Å². The molecule has 0 radical (unpaired) electrons. The van der Waals surface area contributed by atoms with Crippen molar-refractivity contribution in [3.63, 3.8) is 0 Å². The van der Waals surface area contributed by atoms with Crippen molar-refractivity contribution in [3.05, 3.63) is 179 Å². The number of benzene rings is 6. The molecule has 0 fully saturated rings. The average molecular weight is 967 g/mol. The van der Waals surface area contributed by atoms with E-state index < -0.39 is 36.8 Å². The van der Waals surface area contributed by atoms with E-state index in [1.165, 1.54) is 15.7 Å². The van der Waals surface area contributed by atoms with E-state index in [0.29, 0.717) is 28.6 Å². The molecule has 6 aromatic rings. The summed E-state index contributed by atoms with van der Waals surface area (Å²) in [6, 6.07) is 42.5. The Morgan fingerprint density at radius 3 is 1.04 bits per heavy atom. The number of hydrogen-bond acceptors (Lipinski definition) is 11. The summed E-state index contributed by atoms with van der Waals surface area (Å²) in [5.41, 5.74) is 3.08. The van der Waals surface area contributed by atoms with Crippen LogP contribution >= 0.6 is 0 Å². The maximum Gasteiger partial charge on any atom is 0.315 e. The molecule has 6 rings (SSSR count). The molecule has 15 heteroatoms. The lowest BCUT2D eigenvalue weighted by Crippen LogP contribution is -2.32. The van der Waals surface area contributed by atoms with E-state index in [2.05, 4.69) is 0 Å². The van der Waals surface area contributed by atoms with Gasteiger partial charge in [0.15, 0.2) is 0 Å². The number of ether oxygens (including phenoxy) is 5. The van der Waals surface area contributed by atoms with E-state index >= 15 is 0 Å². The molecule has 6 aromatic carbocycles. The van der Waals surface area contributed by atoms with Gasteiger partial charge < -0.3 is 28.8 Å². The number of hydrogen-bond donors (Lipinski definition) is 1. The zero-order valence-corrected chi connectivity index (χ0v) is 41.8. The highest BCUT2D eigenvalue weighted by Crippen LogP contribution is 2.31. The van der Waals surface area contributed by atoms with Gasteiger partial charge in [-0.1, -0.05) is 86.6 Å². The molecule has 0 unspecified atom stereocenters. The molecule has 0 aliphatic carbocycles. The summed E-state index contributed by atoms with van der Waals surface area (Å²) >= 11 is 0. The molecule has 0 aromatic heterocycles. The number of sulfonamides is 2. The molecule has 0 bridgehead atoms. The molecule has 0 spiro atoms. The number of carbonyl (C=O) groups is 1. The Labute approximate surface area is 401 Å². The second-order valence-electron chi connectivity index (χ2n) is 17.2. The molecule has 0 saturated carbocycles. The van der Waals surface area contributed by atoms with Crippen LogP contribution < -0.4 is 18.9 Å². The number of carbonyl (C=O) groups excluding carboxylic acids is 1. The summed E-state index contributed by atoms with van der Waals surface area (Å²) in [6.07, 6.45) is 0. The van der Waals surface area contributed by atoms with Crippen LogP contribution in [0.1, 0.15) is 61.1 Å². The van der Waals surface area contributed by atoms with E-state index in [-0.39, 0.29) is 42.6 Å². The van der Waals surface area contributed by atoms with Gasteiger partial charge in [0.2, 0.25) is 20.0 Å². The van der Waals surface area contributed by atoms with Gasteiger partial charge in [-0.25, -0.2) is 16.8 Å². The number of rotatable bonds is 20. The van der Waals surface area contributed by atoms with Crippen molar-refractivity contribution < 1.29 is 50.4 Å². The first-order valence-corrected chi connectivity index (χ1v) is 24.6. The quantitative estimate of drug-likeness (QED) is 0.0729. The lowest BCUT2D eigenvalue weighted by Gasteiger charge is -2.25. The molecule has 68 heavy (non-hydrogen) atoms. The second-order valence-corrected chi connectivity index (χ2v) is 21.0. The summed E-state index contributed by atoms with van der Waals surface area (Å²) in [7, 11) is -0.0900. The lowest BCUT2D eigenvalue weighted by atomic mass is 9.85. The Balaban J connectivity index is 0.000000255. The molecule has 0 aliphatic heterocycles. The Kier molecular flexibility index (Phi) is 18.0. The van der Waals surface area contributed by atoms with Crippen LogP contribution in [0.3, 0.4) is 0 Å². The molecular weight excluding hydrogens is 905 g/mol. The molecule has 0 saturated heterocycles. The smallest absolute Gasteiger partial charge is 0.315 e. The Hall–Kier alpha value is -6.23. The lowest BCUT2D eigenvalue weighted by molar-refractivity contribution is -0.146. The molecule has 1 N–H and O–H groups in total. The predicted octanol–water partition coefficient (Wildman–Crippen LogP) is 8.91. The first kappa shape index (κ1) is 52.7. The first-order valence-electron chi connectivity index (χ1n) is 21.7. The van der Waals surface area contributed by atoms with Gasteiger partial charge in [-0.2, -0.15) is 8.61 Å². The van der Waals surface area contributed by atoms with Crippen LogP contribution in [0, 0.1) is 0 Å². The minimum atomic E-state index is -3.93. The van der Waals surface area contributed by atoms with E-state index in [1.54, 1.807) is 109 Å². The van der Waals surface area contributed by atoms with Crippen molar-refractivity contribution in [2.45, 2.75) is 74.5 Å². The van der Waals surface area contributed by atoms with E-state index in [4.69, 9.17) is 23.7 Å². The average Bonchev–Trinajstić information content (AvgIpc) is 3.36. The van der Waals surface area contributed by atoms with Crippen LogP contribution in [0.2, 0.25) is 0 Å². The molecule has 0 amide bonds. The topological polar surface area (TPSA) is 158 Å². The number of aliphatic hydroxyl groups is 1. The van der Waals surface area contributed by atoms with Crippen LogP contribution in [0.25, 0.3) is 0 Å². The van der Waals surface area contributed by atoms with Crippen molar-refractivity contribution in [1.29, 1.82) is 0 Å². The van der Waals surface area contributed by atoms with Gasteiger partial charge in [-0.15, -0.1) is 0 Å². The third kappa shape index (κ3) is 13.3. The van der Waals surface area contributed by atoms with E-state index in [1.807, 2.05) is 92.7 Å². The van der Waals surface area contributed by atoms with Gasteiger partial charge >= 0.3 is 5.97 Å². The van der Waals surface area contributed by atoms with Crippen LogP contribution in [0.15, 0.2) is 155 Å². The zero-order valence-electron chi connectivity index (χ0n) is 40.1. The molecule has 13 nitrogen and oxygen atoms in total. The van der Waals surface area contributed by atoms with Crippen LogP contribution in [0.4, 0.5) is 0 Å². The molecular formula is C53H62N2O11S2. The van der Waals surface area contributed by atoms with E-state index in [9.17, 15) is 26.7 Å². The van der Waals surface area contributed by atoms with Crippen LogP contribution in [0.5, 0.6) is 23.0 Å². The fourth-order valence-corrected chi connectivity index (χ4v) is 10.0. The Morgan fingerprint density at radius 2 is 0.765 bits per heavy atom. The van der Waals surface area contributed by atoms with Crippen LogP contribution in [-0.2, 0) is 66.6 Å². The number of aliphatic hydroxyl groups excluding tert-OH is 1. The Bertz CT molecular complexity index is 2700. The first-order chi connectivity index (χ1) is 32.3. The van der Waals surface area contributed by atoms with Crippen molar-refractivity contribution in [3.8, 4) is 23.0 Å². The van der Waals surface area contributed by atoms with Crippen molar-refractivity contribution in [1.82, 2.24) is 8.61 Å². The van der Waals surface area contributed by atoms with Gasteiger partial charge in [0.1, 0.15) is 23.0 Å². The maximum absolute atomic E-state index is 13.9. The number of nitrogens with zero attached hydrogens (tertiary/aromatic N) is 2. The minimum absolute atomic E-state index is 0.0854. The highest BCUT2D eigenvalue weighted by molar-refractivity contribution is 7.89. The summed E-state index contributed by atoms with van der Waals surface area (Å²) in [4.78, 5) is 12.6. The summed E-state index contributed by atoms with van der Waals surface area (Å²) in [5, 5.41) is 9.75. The van der Waals surface area contributed by atoms with Gasteiger partial charge in [0, 0.05) is 31.6 Å². The highest BCUT2D eigenvalue weighted by Gasteiger charge is 2.33. The summed E-state index contributed by atoms with van der Waals surface area (Å²) < 4.78 is 83.9. The second kappa shape index (κ2) is 23.2. The van der Waals surface area contributed by atoms with Gasteiger partial charge in [0.05, 0.1) is 57.4 Å². The van der Waals surface area contributed by atoms with Crippen molar-refractivity contribution in [2.24, 2.45) is 0 Å². The third-order valence-electron chi connectivity index (χ3n) is 11.6. The number of esters is 1. The summed E-state index contributed by atoms with van der Waals surface area (Å²) in [5.74, 6) is 2.36. The van der Waals surface area contributed by atoms with Crippen molar-refractivity contribution >= 4 is 26.0 Å². The molecule has 0 heterocycles. The maximum atomic E-state index is 13.9. The Morgan fingerprint density at radius 1 is 0.471 bits per heavy atom. The van der Waals surface area contributed by atoms with Crippen molar-refractivity contribution in [2.75, 3.05) is 42.2 Å². The molecule has 362 valence electrons. The predicted molar refractivity (Wildman–Crippen MR) is 263 cm³/mol. The SMILES string of the molecule is COC(=O)C(C)(C)c1cccc(S(=O)(=O)N(Cc2ccc(OC)cc2)Cc2ccc(OC)cc2)c1.COc1ccc(CN(Cc2ccc(OC)cc2)S(=O)(=O)c2cccc(C(C)(C)CO)c2)cc1. The zero-order chi connectivity index (χ0) is 49.7. The summed E-state index contributed by atoms with van der Waals surface area (Å²) in [6.45, 7) is 7.80. The van der Waals surface area contributed by atoms with Gasteiger partial charge in [0.25, 0.3) is 0 Å². The standard InChI is InChI=1S/C27H31NO6S.C26H31NO5S/c1-27(2,26(29)34-5)22-7-6-8-25(17-22)35(30,31)28(18-20-9-13-23(32-3)14-10-20)19-21-11-15-24(33-4)16-12-21;1-26(2,19-28)22-6-5-7-25(16-22)33(29,30)27(17-20-8-12-23(31-3)13-9-20)18-21-10-14-24(32-4)15-11-21/h6-17H,18-19H2,1-5H3;5-16,28H,17-19H2,1-4H3. The van der Waals surface area contributed by atoms with Gasteiger partial charge in [-0.05, 0) is 120 Å². The monoisotopic (exact) mass is 966 g/mol. The fourth-order valence-electron chi connectivity index (χ4n) is 7.08. The minimum Gasteiger partial charge on any atom is -0.497 e. The molecule has 0 atom stereocenters. The largest absolute Gasteiger partial charge is 0.497 e.